The van der Waals surface area contributed by atoms with Crippen molar-refractivity contribution in [2.24, 2.45) is 0 Å². The number of hydrogen-bond acceptors (Lipinski definition) is 4. The van der Waals surface area contributed by atoms with E-state index in [0.717, 1.165) is 64.2 Å². The topological polar surface area (TPSA) is 55.8 Å². The zero-order valence-electron chi connectivity index (χ0n) is 35.0. The zero-order valence-corrected chi connectivity index (χ0v) is 35.0. The van der Waals surface area contributed by atoms with E-state index in [-0.39, 0.29) is 19.2 Å². The molecule has 0 fully saturated rings. The van der Waals surface area contributed by atoms with Crippen molar-refractivity contribution in [3.63, 3.8) is 0 Å². The molecule has 1 unspecified atom stereocenters. The van der Waals surface area contributed by atoms with Gasteiger partial charge in [-0.1, -0.05) is 189 Å². The van der Waals surface area contributed by atoms with Crippen molar-refractivity contribution < 1.29 is 19.4 Å². The van der Waals surface area contributed by atoms with Crippen LogP contribution in [0.4, 0.5) is 0 Å². The van der Waals surface area contributed by atoms with Crippen molar-refractivity contribution in [1.82, 2.24) is 0 Å². The van der Waals surface area contributed by atoms with Gasteiger partial charge in [-0.3, -0.25) is 4.79 Å². The van der Waals surface area contributed by atoms with E-state index in [1.54, 1.807) is 0 Å². The van der Waals surface area contributed by atoms with Gasteiger partial charge in [0.05, 0.1) is 13.2 Å². The fraction of sp³-hybridized carbons (Fsp3) is 0.735. The molecule has 0 aliphatic heterocycles. The highest BCUT2D eigenvalue weighted by Gasteiger charge is 2.13. The van der Waals surface area contributed by atoms with Crippen LogP contribution in [0.1, 0.15) is 206 Å². The number of aliphatic hydroxyl groups is 1. The van der Waals surface area contributed by atoms with E-state index in [9.17, 15) is 9.90 Å². The SMILES string of the molecule is CC/C=C\C/C=C\C/C=C\C/C=C\CCCCCCCCCCCCCCCOCC(CO)OC(=O)CCCCCCC/C=C\C/C=C\CCCCC. The minimum absolute atomic E-state index is 0.180. The smallest absolute Gasteiger partial charge is 0.306 e. The summed E-state index contributed by atoms with van der Waals surface area (Å²) in [5.41, 5.74) is 0. The van der Waals surface area contributed by atoms with Crippen molar-refractivity contribution in [3.05, 3.63) is 72.9 Å². The van der Waals surface area contributed by atoms with Crippen molar-refractivity contribution in [2.75, 3.05) is 19.8 Å². The Morgan fingerprint density at radius 1 is 0.472 bits per heavy atom. The van der Waals surface area contributed by atoms with E-state index in [0.29, 0.717) is 13.0 Å². The minimum atomic E-state index is -0.545. The molecular formula is C49H86O4. The Balaban J connectivity index is 3.43. The van der Waals surface area contributed by atoms with E-state index < -0.39 is 6.10 Å². The summed E-state index contributed by atoms with van der Waals surface area (Å²) < 4.78 is 11.2. The number of carbonyl (C=O) groups is 1. The number of hydrogen-bond donors (Lipinski definition) is 1. The minimum Gasteiger partial charge on any atom is -0.457 e. The van der Waals surface area contributed by atoms with Crippen LogP contribution in [0.25, 0.3) is 0 Å². The molecule has 1 N–H and O–H groups in total. The Bertz CT molecular complexity index is 911. The quantitative estimate of drug-likeness (QED) is 0.0385. The molecule has 53 heavy (non-hydrogen) atoms. The van der Waals surface area contributed by atoms with E-state index in [4.69, 9.17) is 9.47 Å². The van der Waals surface area contributed by atoms with Crippen LogP contribution in [-0.4, -0.2) is 37.0 Å². The van der Waals surface area contributed by atoms with Gasteiger partial charge >= 0.3 is 5.97 Å². The zero-order chi connectivity index (χ0) is 38.4. The van der Waals surface area contributed by atoms with Gasteiger partial charge in [-0.05, 0) is 83.5 Å². The molecule has 0 radical (unpaired) electrons. The molecule has 0 heterocycles. The van der Waals surface area contributed by atoms with Crippen LogP contribution >= 0.6 is 0 Å². The maximum atomic E-state index is 12.2. The van der Waals surface area contributed by atoms with Crippen LogP contribution in [0.3, 0.4) is 0 Å². The molecule has 0 aliphatic rings. The van der Waals surface area contributed by atoms with Crippen molar-refractivity contribution >= 4 is 5.97 Å². The first-order valence-electron chi connectivity index (χ1n) is 22.5. The van der Waals surface area contributed by atoms with Gasteiger partial charge in [-0.2, -0.15) is 0 Å². The van der Waals surface area contributed by atoms with Crippen molar-refractivity contribution in [2.45, 2.75) is 213 Å². The second-order valence-corrected chi connectivity index (χ2v) is 14.7. The Kier molecular flexibility index (Phi) is 44.1. The molecule has 0 aromatic heterocycles. The summed E-state index contributed by atoms with van der Waals surface area (Å²) in [5.74, 6) is -0.216. The fourth-order valence-electron chi connectivity index (χ4n) is 6.17. The van der Waals surface area contributed by atoms with Crippen molar-refractivity contribution in [3.8, 4) is 0 Å². The molecule has 0 saturated carbocycles. The molecule has 4 heteroatoms. The lowest BCUT2D eigenvalue weighted by Crippen LogP contribution is -2.27. The van der Waals surface area contributed by atoms with Gasteiger partial charge in [-0.25, -0.2) is 0 Å². The predicted molar refractivity (Wildman–Crippen MR) is 232 cm³/mol. The van der Waals surface area contributed by atoms with Crippen LogP contribution < -0.4 is 0 Å². The Morgan fingerprint density at radius 3 is 1.28 bits per heavy atom. The number of ether oxygens (including phenoxy) is 2. The molecule has 4 nitrogen and oxygen atoms in total. The fourth-order valence-corrected chi connectivity index (χ4v) is 6.17. The Hall–Kier alpha value is -2.17. The molecular weight excluding hydrogens is 653 g/mol. The molecule has 0 rings (SSSR count). The number of carbonyl (C=O) groups excluding carboxylic acids is 1. The van der Waals surface area contributed by atoms with Gasteiger partial charge in [-0.15, -0.1) is 0 Å². The first-order valence-corrected chi connectivity index (χ1v) is 22.5. The largest absolute Gasteiger partial charge is 0.457 e. The Labute approximate surface area is 329 Å². The molecule has 0 bridgehead atoms. The summed E-state index contributed by atoms with van der Waals surface area (Å²) in [4.78, 5) is 12.2. The van der Waals surface area contributed by atoms with Crippen LogP contribution in [-0.2, 0) is 14.3 Å². The number of esters is 1. The van der Waals surface area contributed by atoms with Crippen molar-refractivity contribution in [1.29, 1.82) is 0 Å². The number of rotatable bonds is 41. The van der Waals surface area contributed by atoms with E-state index in [2.05, 4.69) is 86.8 Å². The second-order valence-electron chi connectivity index (χ2n) is 14.7. The average Bonchev–Trinajstić information content (AvgIpc) is 3.16. The lowest BCUT2D eigenvalue weighted by molar-refractivity contribution is -0.154. The first kappa shape index (κ1) is 50.8. The number of allylic oxidation sites excluding steroid dienone is 12. The molecule has 0 saturated heterocycles. The molecule has 0 aliphatic carbocycles. The van der Waals surface area contributed by atoms with Gasteiger partial charge in [0.2, 0.25) is 0 Å². The molecule has 0 amide bonds. The predicted octanol–water partition coefficient (Wildman–Crippen LogP) is 15.0. The lowest BCUT2D eigenvalue weighted by Gasteiger charge is -2.15. The van der Waals surface area contributed by atoms with E-state index >= 15 is 0 Å². The molecule has 0 aromatic carbocycles. The van der Waals surface area contributed by atoms with Crippen LogP contribution in [0.15, 0.2) is 72.9 Å². The van der Waals surface area contributed by atoms with Gasteiger partial charge in [0.1, 0.15) is 6.10 Å². The Morgan fingerprint density at radius 2 is 0.849 bits per heavy atom. The van der Waals surface area contributed by atoms with Gasteiger partial charge in [0.15, 0.2) is 0 Å². The number of unbranched alkanes of at least 4 members (excludes halogenated alkanes) is 21. The monoisotopic (exact) mass is 739 g/mol. The average molecular weight is 739 g/mol. The van der Waals surface area contributed by atoms with E-state index in [1.807, 2.05) is 0 Å². The van der Waals surface area contributed by atoms with Crippen LogP contribution in [0, 0.1) is 0 Å². The lowest BCUT2D eigenvalue weighted by atomic mass is 10.0. The summed E-state index contributed by atoms with van der Waals surface area (Å²) in [7, 11) is 0. The summed E-state index contributed by atoms with van der Waals surface area (Å²) in [5, 5.41) is 9.61. The standard InChI is InChI=1S/C49H86O4/c1-3-5-7-9-11-13-15-17-19-20-21-22-23-24-25-26-27-28-29-31-33-35-37-39-41-43-45-52-47-48(46-50)53-49(51)44-42-40-38-36-34-32-30-18-16-14-12-10-8-6-4-2/h5,7,11-14,17-19,21-22,30,48,50H,3-4,6,8-10,15-16,20,23-29,31-47H2,1-2H3/b7-5-,13-11-,14-12-,19-17-,22-21-,30-18-. The second kappa shape index (κ2) is 46.0. The van der Waals surface area contributed by atoms with E-state index in [1.165, 1.54) is 122 Å². The molecule has 306 valence electrons. The third-order valence-electron chi connectivity index (χ3n) is 9.52. The van der Waals surface area contributed by atoms with Gasteiger partial charge in [0.25, 0.3) is 0 Å². The third-order valence-corrected chi connectivity index (χ3v) is 9.52. The maximum Gasteiger partial charge on any atom is 0.306 e. The van der Waals surface area contributed by atoms with Gasteiger partial charge < -0.3 is 14.6 Å². The van der Waals surface area contributed by atoms with Crippen LogP contribution in [0.2, 0.25) is 0 Å². The molecule has 0 aromatic rings. The normalized spacial score (nSPS) is 13.0. The molecule has 0 spiro atoms. The summed E-state index contributed by atoms with van der Waals surface area (Å²) in [6.45, 7) is 5.19. The highest BCUT2D eigenvalue weighted by atomic mass is 16.6. The highest BCUT2D eigenvalue weighted by molar-refractivity contribution is 5.69. The van der Waals surface area contributed by atoms with Gasteiger partial charge in [0, 0.05) is 13.0 Å². The highest BCUT2D eigenvalue weighted by Crippen LogP contribution is 2.14. The summed E-state index contributed by atoms with van der Waals surface area (Å²) >= 11 is 0. The summed E-state index contributed by atoms with van der Waals surface area (Å²) in [6.07, 6.45) is 62.6. The first-order chi connectivity index (χ1) is 26.2. The maximum absolute atomic E-state index is 12.2. The number of aliphatic hydroxyl groups excluding tert-OH is 1. The summed E-state index contributed by atoms with van der Waals surface area (Å²) in [6, 6.07) is 0. The van der Waals surface area contributed by atoms with Crippen LogP contribution in [0.5, 0.6) is 0 Å². The third kappa shape index (κ3) is 44.1. The molecule has 1 atom stereocenters.